The SMILES string of the molecule is CCOC(=O)CC[C@H](NC(=O)N1CCCCC1)C(=O)O. The fourth-order valence-corrected chi connectivity index (χ4v) is 2.09. The number of carboxylic acid groups (broad SMARTS) is 1. The van der Waals surface area contributed by atoms with Crippen LogP contribution < -0.4 is 5.32 Å². The minimum atomic E-state index is -1.14. The number of nitrogens with zero attached hydrogens (tertiary/aromatic N) is 1. The zero-order valence-electron chi connectivity index (χ0n) is 11.8. The van der Waals surface area contributed by atoms with Gasteiger partial charge >= 0.3 is 18.0 Å². The molecule has 1 heterocycles. The number of nitrogens with one attached hydrogen (secondary N) is 1. The van der Waals surface area contributed by atoms with Gasteiger partial charge in [0.1, 0.15) is 6.04 Å². The number of aliphatic carboxylic acids is 1. The Morgan fingerprint density at radius 1 is 1.25 bits per heavy atom. The van der Waals surface area contributed by atoms with Crippen LogP contribution in [0.2, 0.25) is 0 Å². The smallest absolute Gasteiger partial charge is 0.326 e. The molecule has 20 heavy (non-hydrogen) atoms. The quantitative estimate of drug-likeness (QED) is 0.709. The van der Waals surface area contributed by atoms with E-state index >= 15 is 0 Å². The van der Waals surface area contributed by atoms with Crippen molar-refractivity contribution in [1.82, 2.24) is 10.2 Å². The summed E-state index contributed by atoms with van der Waals surface area (Å²) >= 11 is 0. The molecular weight excluding hydrogens is 264 g/mol. The fourth-order valence-electron chi connectivity index (χ4n) is 2.09. The molecule has 0 bridgehead atoms. The number of likely N-dealkylation sites (tertiary alicyclic amines) is 1. The number of amides is 2. The summed E-state index contributed by atoms with van der Waals surface area (Å²) in [5, 5.41) is 11.5. The second-order valence-corrected chi connectivity index (χ2v) is 4.73. The summed E-state index contributed by atoms with van der Waals surface area (Å²) in [6.45, 7) is 3.24. The minimum Gasteiger partial charge on any atom is -0.480 e. The van der Waals surface area contributed by atoms with Gasteiger partial charge < -0.3 is 20.1 Å². The van der Waals surface area contributed by atoms with Gasteiger partial charge in [-0.15, -0.1) is 0 Å². The van der Waals surface area contributed by atoms with Crippen LogP contribution in [0.4, 0.5) is 4.79 Å². The lowest BCUT2D eigenvalue weighted by molar-refractivity contribution is -0.144. The molecule has 7 heteroatoms. The average Bonchev–Trinajstić information content (AvgIpc) is 2.44. The number of carboxylic acids is 1. The molecule has 1 aliphatic heterocycles. The first-order chi connectivity index (χ1) is 9.54. The molecule has 1 fully saturated rings. The lowest BCUT2D eigenvalue weighted by Gasteiger charge is -2.28. The Hall–Kier alpha value is -1.79. The van der Waals surface area contributed by atoms with Crippen molar-refractivity contribution in [3.63, 3.8) is 0 Å². The van der Waals surface area contributed by atoms with Crippen molar-refractivity contribution < 1.29 is 24.2 Å². The van der Waals surface area contributed by atoms with Crippen molar-refractivity contribution >= 4 is 18.0 Å². The summed E-state index contributed by atoms with van der Waals surface area (Å²) in [5.74, 6) is -1.59. The summed E-state index contributed by atoms with van der Waals surface area (Å²) in [5.41, 5.74) is 0. The van der Waals surface area contributed by atoms with Crippen molar-refractivity contribution in [2.75, 3.05) is 19.7 Å². The highest BCUT2D eigenvalue weighted by Gasteiger charge is 2.24. The molecule has 7 nitrogen and oxygen atoms in total. The van der Waals surface area contributed by atoms with Gasteiger partial charge in [-0.2, -0.15) is 0 Å². The minimum absolute atomic E-state index is 0.0227. The molecule has 0 aromatic heterocycles. The lowest BCUT2D eigenvalue weighted by atomic mass is 10.1. The highest BCUT2D eigenvalue weighted by molar-refractivity contribution is 5.83. The zero-order chi connectivity index (χ0) is 15.0. The lowest BCUT2D eigenvalue weighted by Crippen LogP contribution is -2.49. The fraction of sp³-hybridized carbons (Fsp3) is 0.769. The number of hydrogen-bond donors (Lipinski definition) is 2. The van der Waals surface area contributed by atoms with Gasteiger partial charge in [0.15, 0.2) is 0 Å². The monoisotopic (exact) mass is 286 g/mol. The number of carbonyl (C=O) groups is 3. The maximum atomic E-state index is 11.9. The van der Waals surface area contributed by atoms with Gasteiger partial charge in [0.05, 0.1) is 6.61 Å². The van der Waals surface area contributed by atoms with E-state index in [1.807, 2.05) is 0 Å². The number of rotatable bonds is 6. The number of carbonyl (C=O) groups excluding carboxylic acids is 2. The van der Waals surface area contributed by atoms with E-state index in [2.05, 4.69) is 5.32 Å². The summed E-state index contributed by atoms with van der Waals surface area (Å²) in [6, 6.07) is -1.44. The van der Waals surface area contributed by atoms with Crippen LogP contribution in [0.15, 0.2) is 0 Å². The highest BCUT2D eigenvalue weighted by Crippen LogP contribution is 2.09. The predicted molar refractivity (Wildman–Crippen MR) is 71.2 cm³/mol. The van der Waals surface area contributed by atoms with Crippen LogP contribution in [-0.2, 0) is 14.3 Å². The Balaban J connectivity index is 2.43. The highest BCUT2D eigenvalue weighted by atomic mass is 16.5. The predicted octanol–water partition coefficient (Wildman–Crippen LogP) is 0.978. The molecule has 0 aliphatic carbocycles. The first-order valence-corrected chi connectivity index (χ1v) is 6.98. The number of hydrogen-bond acceptors (Lipinski definition) is 4. The largest absolute Gasteiger partial charge is 0.480 e. The molecule has 0 saturated carbocycles. The van der Waals surface area contributed by atoms with E-state index in [9.17, 15) is 14.4 Å². The van der Waals surface area contributed by atoms with Crippen LogP contribution in [0, 0.1) is 0 Å². The Labute approximate surface area is 118 Å². The maximum Gasteiger partial charge on any atom is 0.326 e. The number of urea groups is 1. The molecule has 1 saturated heterocycles. The Bertz CT molecular complexity index is 353. The van der Waals surface area contributed by atoms with Crippen LogP contribution in [0.3, 0.4) is 0 Å². The van der Waals surface area contributed by atoms with E-state index in [-0.39, 0.29) is 25.5 Å². The van der Waals surface area contributed by atoms with E-state index < -0.39 is 18.0 Å². The van der Waals surface area contributed by atoms with E-state index in [1.54, 1.807) is 11.8 Å². The molecular formula is C13H22N2O5. The van der Waals surface area contributed by atoms with Crippen molar-refractivity contribution in [3.05, 3.63) is 0 Å². The molecule has 0 aromatic carbocycles. The third-order valence-electron chi connectivity index (χ3n) is 3.18. The summed E-state index contributed by atoms with van der Waals surface area (Å²) < 4.78 is 4.74. The van der Waals surface area contributed by atoms with E-state index in [4.69, 9.17) is 9.84 Å². The zero-order valence-corrected chi connectivity index (χ0v) is 11.8. The first kappa shape index (κ1) is 16.3. The van der Waals surface area contributed by atoms with Gasteiger partial charge in [0.25, 0.3) is 0 Å². The van der Waals surface area contributed by atoms with Crippen LogP contribution in [0.5, 0.6) is 0 Å². The molecule has 0 spiro atoms. The van der Waals surface area contributed by atoms with Crippen molar-refractivity contribution in [2.24, 2.45) is 0 Å². The maximum absolute atomic E-state index is 11.9. The van der Waals surface area contributed by atoms with Crippen LogP contribution >= 0.6 is 0 Å². The molecule has 0 unspecified atom stereocenters. The number of piperidine rings is 1. The summed E-state index contributed by atoms with van der Waals surface area (Å²) in [6.07, 6.45) is 2.98. The third-order valence-corrected chi connectivity index (χ3v) is 3.18. The molecule has 1 atom stereocenters. The van der Waals surface area contributed by atoms with Crippen LogP contribution in [0.25, 0.3) is 0 Å². The molecule has 1 rings (SSSR count). The van der Waals surface area contributed by atoms with E-state index in [0.717, 1.165) is 19.3 Å². The second-order valence-electron chi connectivity index (χ2n) is 4.73. The number of ether oxygens (including phenoxy) is 1. The normalized spacial score (nSPS) is 16.4. The van der Waals surface area contributed by atoms with Gasteiger partial charge in [-0.3, -0.25) is 4.79 Å². The van der Waals surface area contributed by atoms with E-state index in [1.165, 1.54) is 0 Å². The third kappa shape index (κ3) is 5.46. The van der Waals surface area contributed by atoms with Gasteiger partial charge in [0.2, 0.25) is 0 Å². The second kappa shape index (κ2) is 8.39. The molecule has 114 valence electrons. The molecule has 0 aromatic rings. The average molecular weight is 286 g/mol. The van der Waals surface area contributed by atoms with Crippen LogP contribution in [-0.4, -0.2) is 53.7 Å². The Morgan fingerprint density at radius 3 is 2.45 bits per heavy atom. The van der Waals surface area contributed by atoms with Crippen LogP contribution in [0.1, 0.15) is 39.0 Å². The summed E-state index contributed by atoms with van der Waals surface area (Å²) in [7, 11) is 0. The van der Waals surface area contributed by atoms with Crippen molar-refractivity contribution in [2.45, 2.75) is 45.1 Å². The summed E-state index contributed by atoms with van der Waals surface area (Å²) in [4.78, 5) is 35.9. The molecule has 0 radical (unpaired) electrons. The van der Waals surface area contributed by atoms with Crippen molar-refractivity contribution in [3.8, 4) is 0 Å². The molecule has 1 aliphatic rings. The standard InChI is InChI=1S/C13H22N2O5/c1-2-20-11(16)7-6-10(12(17)18)14-13(19)15-8-4-3-5-9-15/h10H,2-9H2,1H3,(H,14,19)(H,17,18)/t10-/m0/s1. The first-order valence-electron chi connectivity index (χ1n) is 6.98. The van der Waals surface area contributed by atoms with Crippen molar-refractivity contribution in [1.29, 1.82) is 0 Å². The van der Waals surface area contributed by atoms with Gasteiger partial charge in [-0.1, -0.05) is 0 Å². The van der Waals surface area contributed by atoms with Gasteiger partial charge in [-0.25, -0.2) is 9.59 Å². The van der Waals surface area contributed by atoms with Gasteiger partial charge in [0, 0.05) is 19.5 Å². The molecule has 2 N–H and O–H groups in total. The Morgan fingerprint density at radius 2 is 1.90 bits per heavy atom. The van der Waals surface area contributed by atoms with Gasteiger partial charge in [-0.05, 0) is 32.6 Å². The Kier molecular flexibility index (Phi) is 6.83. The topological polar surface area (TPSA) is 95.9 Å². The molecule has 2 amide bonds. The number of esters is 1. The van der Waals surface area contributed by atoms with E-state index in [0.29, 0.717) is 13.1 Å².